The van der Waals surface area contributed by atoms with Crippen LogP contribution in [0.15, 0.2) is 12.3 Å². The van der Waals surface area contributed by atoms with Gasteiger partial charge in [-0.3, -0.25) is 10.1 Å². The van der Waals surface area contributed by atoms with Gasteiger partial charge in [-0.2, -0.15) is 5.26 Å². The topological polar surface area (TPSA) is 91.8 Å². The van der Waals surface area contributed by atoms with E-state index in [0.717, 1.165) is 12.8 Å². The molecule has 1 rings (SSSR count). The van der Waals surface area contributed by atoms with Gasteiger partial charge in [0, 0.05) is 18.8 Å². The highest BCUT2D eigenvalue weighted by molar-refractivity contribution is 5.58. The van der Waals surface area contributed by atoms with Crippen molar-refractivity contribution in [1.29, 1.82) is 5.26 Å². The molecule has 1 aromatic heterocycles. The predicted molar refractivity (Wildman–Crippen MR) is 68.2 cm³/mol. The Balaban J connectivity index is 2.88. The van der Waals surface area contributed by atoms with Crippen molar-refractivity contribution < 1.29 is 4.92 Å². The minimum Gasteiger partial charge on any atom is -0.364 e. The lowest BCUT2D eigenvalue weighted by Crippen LogP contribution is -2.14. The van der Waals surface area contributed by atoms with E-state index in [-0.39, 0.29) is 17.1 Å². The van der Waals surface area contributed by atoms with Gasteiger partial charge in [-0.1, -0.05) is 26.7 Å². The summed E-state index contributed by atoms with van der Waals surface area (Å²) in [7, 11) is 0. The molecule has 0 aliphatic rings. The first-order valence-electron chi connectivity index (χ1n) is 5.90. The van der Waals surface area contributed by atoms with Gasteiger partial charge in [0.25, 0.3) is 0 Å². The molecular formula is C12H16N4O2. The number of hydrogen-bond acceptors (Lipinski definition) is 5. The van der Waals surface area contributed by atoms with Crippen LogP contribution in [0.25, 0.3) is 0 Å². The first kappa shape index (κ1) is 13.9. The highest BCUT2D eigenvalue weighted by Crippen LogP contribution is 2.23. The Morgan fingerprint density at radius 1 is 1.56 bits per heavy atom. The van der Waals surface area contributed by atoms with E-state index in [1.54, 1.807) is 0 Å². The summed E-state index contributed by atoms with van der Waals surface area (Å²) in [6.07, 6.45) is 3.35. The van der Waals surface area contributed by atoms with Crippen LogP contribution < -0.4 is 5.32 Å². The van der Waals surface area contributed by atoms with Crippen LogP contribution in [0.4, 0.5) is 11.5 Å². The number of nitro groups is 1. The lowest BCUT2D eigenvalue weighted by Gasteiger charge is -2.13. The van der Waals surface area contributed by atoms with E-state index in [2.05, 4.69) is 24.1 Å². The number of pyridine rings is 1. The maximum Gasteiger partial charge on any atom is 0.312 e. The van der Waals surface area contributed by atoms with Gasteiger partial charge < -0.3 is 5.32 Å². The van der Waals surface area contributed by atoms with Crippen molar-refractivity contribution in [2.75, 3.05) is 11.9 Å². The van der Waals surface area contributed by atoms with E-state index in [0.29, 0.717) is 12.5 Å². The van der Waals surface area contributed by atoms with E-state index in [1.165, 1.54) is 12.3 Å². The summed E-state index contributed by atoms with van der Waals surface area (Å²) in [5.41, 5.74) is 0.0368. The van der Waals surface area contributed by atoms with E-state index in [9.17, 15) is 10.1 Å². The minimum absolute atomic E-state index is 0.153. The average Bonchev–Trinajstić information content (AvgIpc) is 2.39. The molecule has 0 bridgehead atoms. The van der Waals surface area contributed by atoms with Crippen molar-refractivity contribution in [3.63, 3.8) is 0 Å². The molecule has 1 N–H and O–H groups in total. The molecule has 0 atom stereocenters. The van der Waals surface area contributed by atoms with E-state index in [1.807, 2.05) is 6.07 Å². The third kappa shape index (κ3) is 3.42. The maximum atomic E-state index is 10.9. The molecule has 0 fully saturated rings. The number of aromatic nitrogens is 1. The van der Waals surface area contributed by atoms with Gasteiger partial charge in [-0.15, -0.1) is 0 Å². The number of nitriles is 1. The summed E-state index contributed by atoms with van der Waals surface area (Å²) < 4.78 is 0. The first-order chi connectivity index (χ1) is 8.62. The Kier molecular flexibility index (Phi) is 5.06. The zero-order valence-electron chi connectivity index (χ0n) is 10.5. The molecule has 18 heavy (non-hydrogen) atoms. The van der Waals surface area contributed by atoms with Crippen LogP contribution in [0, 0.1) is 27.4 Å². The number of nitrogens with zero attached hydrogens (tertiary/aromatic N) is 3. The molecule has 0 saturated carbocycles. The second-order valence-corrected chi connectivity index (χ2v) is 4.02. The molecule has 6 heteroatoms. The Hall–Kier alpha value is -2.16. The van der Waals surface area contributed by atoms with Gasteiger partial charge in [-0.25, -0.2) is 4.98 Å². The Bertz CT molecular complexity index is 464. The Morgan fingerprint density at radius 2 is 2.22 bits per heavy atom. The molecule has 0 amide bonds. The second kappa shape index (κ2) is 6.55. The summed E-state index contributed by atoms with van der Waals surface area (Å²) in [6, 6.07) is 3.08. The SMILES string of the molecule is CCC(CC)CNc1ncc(C#N)cc1[N+](=O)[O-]. The molecular weight excluding hydrogens is 232 g/mol. The van der Waals surface area contributed by atoms with Gasteiger partial charge in [0.1, 0.15) is 6.07 Å². The Labute approximate surface area is 106 Å². The van der Waals surface area contributed by atoms with E-state index >= 15 is 0 Å². The third-order valence-electron chi connectivity index (χ3n) is 2.91. The quantitative estimate of drug-likeness (QED) is 0.617. The number of nitrogens with one attached hydrogen (secondary N) is 1. The first-order valence-corrected chi connectivity index (χ1v) is 5.90. The lowest BCUT2D eigenvalue weighted by atomic mass is 10.0. The molecule has 6 nitrogen and oxygen atoms in total. The summed E-state index contributed by atoms with van der Waals surface area (Å²) in [5, 5.41) is 22.6. The summed E-state index contributed by atoms with van der Waals surface area (Å²) in [4.78, 5) is 14.3. The molecule has 0 aliphatic heterocycles. The number of hydrogen-bond donors (Lipinski definition) is 1. The van der Waals surface area contributed by atoms with Crippen LogP contribution in [0.2, 0.25) is 0 Å². The molecule has 96 valence electrons. The maximum absolute atomic E-state index is 10.9. The van der Waals surface area contributed by atoms with Crippen LogP contribution in [0.1, 0.15) is 32.3 Å². The van der Waals surface area contributed by atoms with Crippen molar-refractivity contribution in [3.05, 3.63) is 27.9 Å². The van der Waals surface area contributed by atoms with Crippen LogP contribution in [-0.4, -0.2) is 16.5 Å². The molecule has 0 unspecified atom stereocenters. The molecule has 0 aliphatic carbocycles. The van der Waals surface area contributed by atoms with Crippen LogP contribution in [-0.2, 0) is 0 Å². The van der Waals surface area contributed by atoms with Gasteiger partial charge in [0.2, 0.25) is 5.82 Å². The lowest BCUT2D eigenvalue weighted by molar-refractivity contribution is -0.384. The molecule has 0 aromatic carbocycles. The second-order valence-electron chi connectivity index (χ2n) is 4.02. The minimum atomic E-state index is -0.525. The van der Waals surface area contributed by atoms with Crippen molar-refractivity contribution in [3.8, 4) is 6.07 Å². The normalized spacial score (nSPS) is 10.1. The zero-order valence-corrected chi connectivity index (χ0v) is 10.5. The predicted octanol–water partition coefficient (Wildman–Crippen LogP) is 2.71. The number of anilines is 1. The molecule has 1 heterocycles. The van der Waals surface area contributed by atoms with Crippen molar-refractivity contribution in [1.82, 2.24) is 4.98 Å². The van der Waals surface area contributed by atoms with Crippen molar-refractivity contribution in [2.24, 2.45) is 5.92 Å². The molecule has 1 aromatic rings. The fourth-order valence-corrected chi connectivity index (χ4v) is 1.61. The van der Waals surface area contributed by atoms with E-state index in [4.69, 9.17) is 5.26 Å². The van der Waals surface area contributed by atoms with Gasteiger partial charge >= 0.3 is 5.69 Å². The standard InChI is InChI=1S/C12H16N4O2/c1-3-9(4-2)7-14-12-11(16(17)18)5-10(6-13)8-15-12/h5,8-9H,3-4,7H2,1-2H3,(H,14,15). The van der Waals surface area contributed by atoms with E-state index < -0.39 is 4.92 Å². The zero-order chi connectivity index (χ0) is 13.5. The van der Waals surface area contributed by atoms with Gasteiger partial charge in [0.05, 0.1) is 10.5 Å². The summed E-state index contributed by atoms with van der Waals surface area (Å²) in [6.45, 7) is 4.81. The smallest absolute Gasteiger partial charge is 0.312 e. The van der Waals surface area contributed by atoms with Gasteiger partial charge in [0.15, 0.2) is 0 Å². The Morgan fingerprint density at radius 3 is 2.72 bits per heavy atom. The fourth-order valence-electron chi connectivity index (χ4n) is 1.61. The van der Waals surface area contributed by atoms with Crippen LogP contribution in [0.5, 0.6) is 0 Å². The van der Waals surface area contributed by atoms with Crippen molar-refractivity contribution >= 4 is 11.5 Å². The average molecular weight is 248 g/mol. The third-order valence-corrected chi connectivity index (χ3v) is 2.91. The van der Waals surface area contributed by atoms with Crippen molar-refractivity contribution in [2.45, 2.75) is 26.7 Å². The van der Waals surface area contributed by atoms with Gasteiger partial charge in [-0.05, 0) is 5.92 Å². The largest absolute Gasteiger partial charge is 0.364 e. The highest BCUT2D eigenvalue weighted by Gasteiger charge is 2.17. The van der Waals surface area contributed by atoms with Crippen LogP contribution in [0.3, 0.4) is 0 Å². The monoisotopic (exact) mass is 248 g/mol. The summed E-state index contributed by atoms with van der Waals surface area (Å²) in [5.74, 6) is 0.688. The molecule has 0 saturated heterocycles. The molecule has 0 radical (unpaired) electrons. The molecule has 0 spiro atoms. The fraction of sp³-hybridized carbons (Fsp3) is 0.500. The highest BCUT2D eigenvalue weighted by atomic mass is 16.6. The number of rotatable bonds is 6. The summed E-state index contributed by atoms with van der Waals surface area (Å²) >= 11 is 0. The van der Waals surface area contributed by atoms with Crippen LogP contribution >= 0.6 is 0 Å².